The standard InChI is InChI=1S/C53H62N2O10.C49H68O6/c1-33(2)17-19-40(36(7)8)28-53-29-41(21-18-34(3)4)51(9,10)32-52(50(53)59,24-23-35(5)6)48(57)46(49(53)58)47(56)39-20-22-44(64-30-37-13-11-15-42(25-37)54(60)61)45(27-39)65-31-38-14-12-16-43(26-38)55(62)63;1-31(2)15-18-37-28-49-29-38(19-16-32(3)4)47(13,14)55-44(49)41(43(51)48(45(49)52,24-21-33(5)6)30-46(37,11)12)42(50)36-17-20-39(53-25-22-34(7)8)40(27-36)54-26-23-35(9)10/h11-18,20,22-23,25-27,40-41,56H,7,19,21,24,28-32H2,1-6,8-10H3;15-17,20-23,27,37-38H,18-19,24-26,28-30H2,1-14H3. The van der Waals surface area contributed by atoms with Gasteiger partial charge in [0.25, 0.3) is 11.4 Å². The molecule has 1 N–H and O–H groups in total. The first kappa shape index (κ1) is 95.1. The van der Waals surface area contributed by atoms with Gasteiger partial charge in [-0.05, 0) is 297 Å². The monoisotopic (exact) mass is 1640 g/mol. The van der Waals surface area contributed by atoms with E-state index in [2.05, 4.69) is 86.3 Å². The summed E-state index contributed by atoms with van der Waals surface area (Å²) in [6.07, 6.45) is 21.2. The van der Waals surface area contributed by atoms with Crippen molar-refractivity contribution in [3.05, 3.63) is 250 Å². The van der Waals surface area contributed by atoms with Crippen molar-refractivity contribution in [3.8, 4) is 23.0 Å². The highest BCUT2D eigenvalue weighted by atomic mass is 16.6. The summed E-state index contributed by atoms with van der Waals surface area (Å²) in [4.78, 5) is 116. The number of aliphatic hydroxyl groups is 1. The van der Waals surface area contributed by atoms with Crippen LogP contribution < -0.4 is 18.9 Å². The van der Waals surface area contributed by atoms with Crippen molar-refractivity contribution in [3.63, 3.8) is 0 Å². The fourth-order valence-corrected chi connectivity index (χ4v) is 17.9. The zero-order chi connectivity index (χ0) is 89.1. The van der Waals surface area contributed by atoms with Crippen LogP contribution in [0.2, 0.25) is 0 Å². The topological polar surface area (TPSA) is 255 Å². The normalized spacial score (nSPS) is 23.0. The molecule has 4 aliphatic carbocycles. The molecule has 9 rings (SSSR count). The molecule has 1 spiro atoms. The zero-order valence-corrected chi connectivity index (χ0v) is 75.5. The third kappa shape index (κ3) is 21.9. The number of hydrogen-bond donors (Lipinski definition) is 1. The second-order valence-corrected chi connectivity index (χ2v) is 38.2. The van der Waals surface area contributed by atoms with Crippen LogP contribution in [0.3, 0.4) is 0 Å². The first-order valence-electron chi connectivity index (χ1n) is 42.2. The molecule has 5 aliphatic rings. The van der Waals surface area contributed by atoms with Gasteiger partial charge < -0.3 is 28.8 Å². The Morgan fingerprint density at radius 2 is 0.900 bits per heavy atom. The number of fused-ring (bicyclic) bond motifs is 3. The SMILES string of the molecule is C=C(C)C(CC=C(C)C)CC12CC(CC=C(C)C)C(C)(C)CC(CC=C(C)C)(C(=O)C(=C(O)c3ccc(OCc4cccc([N+](=O)[O-])c4)c(OCc4cccc([N+](=O)[O-])c4)c3)C1=O)C2=O.CC(C)=CCOc1ccc(C(=O)C2=C3OC(C)(C)C(CC=C(C)C)CC34CC(CC=C(C)C)C(C)(C)CC(CC=C(C)C)(C2=O)C4=O)cc1OCC=C(C)C. The van der Waals surface area contributed by atoms with E-state index in [9.17, 15) is 25.3 Å². The van der Waals surface area contributed by atoms with Crippen molar-refractivity contribution in [2.45, 2.75) is 255 Å². The Kier molecular flexibility index (Phi) is 30.9. The number of ketones is 6. The molecule has 1 aliphatic heterocycles. The highest BCUT2D eigenvalue weighted by Crippen LogP contribution is 2.67. The fraction of sp³-hybridized carbons (Fsp3) is 0.490. The average molecular weight is 1640 g/mol. The number of benzene rings is 4. The predicted octanol–water partition coefficient (Wildman–Crippen LogP) is 25.0. The van der Waals surface area contributed by atoms with Crippen molar-refractivity contribution < 1.29 is 67.4 Å². The molecule has 120 heavy (non-hydrogen) atoms. The molecular weight excluding hydrogens is 1510 g/mol. The molecular formula is C102H130N2O16. The molecule has 4 bridgehead atoms. The van der Waals surface area contributed by atoms with E-state index in [-0.39, 0.29) is 115 Å². The minimum atomic E-state index is -1.69. The van der Waals surface area contributed by atoms with Gasteiger partial charge in [-0.3, -0.25) is 49.0 Å². The highest BCUT2D eigenvalue weighted by Gasteiger charge is 2.71. The Hall–Kier alpha value is -10.4. The lowest BCUT2D eigenvalue weighted by Gasteiger charge is -2.54. The molecule has 18 nitrogen and oxygen atoms in total. The number of aliphatic hydroxyl groups excluding tert-OH is 1. The Labute approximate surface area is 712 Å². The van der Waals surface area contributed by atoms with E-state index in [1.54, 1.807) is 30.3 Å². The van der Waals surface area contributed by atoms with Crippen LogP contribution in [0.15, 0.2) is 207 Å². The van der Waals surface area contributed by atoms with Crippen LogP contribution in [0.5, 0.6) is 23.0 Å². The van der Waals surface area contributed by atoms with E-state index >= 15 is 28.8 Å². The number of nitrogens with zero attached hydrogens (tertiary/aromatic N) is 2. The molecule has 1 saturated heterocycles. The Balaban J connectivity index is 0.000000303. The van der Waals surface area contributed by atoms with Crippen LogP contribution in [0, 0.1) is 76.4 Å². The first-order chi connectivity index (χ1) is 56.1. The van der Waals surface area contributed by atoms with E-state index in [1.807, 2.05) is 128 Å². The van der Waals surface area contributed by atoms with Gasteiger partial charge in [-0.1, -0.05) is 145 Å². The number of rotatable bonds is 32. The molecule has 644 valence electrons. The van der Waals surface area contributed by atoms with Crippen molar-refractivity contribution >= 4 is 51.8 Å². The van der Waals surface area contributed by atoms with Gasteiger partial charge in [0.05, 0.1) is 31.5 Å². The van der Waals surface area contributed by atoms with Gasteiger partial charge in [-0.25, -0.2) is 0 Å². The van der Waals surface area contributed by atoms with Crippen LogP contribution in [0.4, 0.5) is 11.4 Å². The van der Waals surface area contributed by atoms with Gasteiger partial charge in [-0.2, -0.15) is 0 Å². The molecule has 0 aromatic heterocycles. The molecule has 4 fully saturated rings. The number of Topliss-reactive ketones (excluding diaryl/α,β-unsaturated/α-hetero) is 6. The number of hydrogen-bond acceptors (Lipinski definition) is 16. The molecule has 1 heterocycles. The predicted molar refractivity (Wildman–Crippen MR) is 477 cm³/mol. The van der Waals surface area contributed by atoms with Crippen molar-refractivity contribution in [2.75, 3.05) is 13.2 Å². The number of allylic oxidation sites excluding steroid dienone is 18. The minimum absolute atomic E-state index is 0.0153. The van der Waals surface area contributed by atoms with E-state index in [0.29, 0.717) is 73.5 Å². The van der Waals surface area contributed by atoms with Gasteiger partial charge in [-0.15, -0.1) is 0 Å². The maximum atomic E-state index is 15.8. The minimum Gasteiger partial charge on any atom is -0.506 e. The molecule has 8 atom stereocenters. The second kappa shape index (κ2) is 39.0. The Bertz CT molecular complexity index is 4960. The van der Waals surface area contributed by atoms with Crippen LogP contribution in [-0.2, 0) is 41.9 Å². The Morgan fingerprint density at radius 1 is 0.492 bits per heavy atom. The van der Waals surface area contributed by atoms with E-state index < -0.39 is 88.2 Å². The summed E-state index contributed by atoms with van der Waals surface area (Å²) in [5.74, 6) is -2.43. The van der Waals surface area contributed by atoms with Crippen LogP contribution in [0.1, 0.15) is 263 Å². The maximum absolute atomic E-state index is 15.8. The van der Waals surface area contributed by atoms with Crippen molar-refractivity contribution in [1.29, 1.82) is 0 Å². The van der Waals surface area contributed by atoms with E-state index in [4.69, 9.17) is 23.7 Å². The van der Waals surface area contributed by atoms with Crippen LogP contribution >= 0.6 is 0 Å². The van der Waals surface area contributed by atoms with Gasteiger partial charge in [0.1, 0.15) is 54.7 Å². The zero-order valence-electron chi connectivity index (χ0n) is 75.5. The summed E-state index contributed by atoms with van der Waals surface area (Å²) >= 11 is 0. The first-order valence-corrected chi connectivity index (χ1v) is 42.2. The Morgan fingerprint density at radius 3 is 1.38 bits per heavy atom. The number of non-ortho nitro benzene ring substituents is 2. The maximum Gasteiger partial charge on any atom is 0.269 e. The van der Waals surface area contributed by atoms with Gasteiger partial charge in [0.15, 0.2) is 57.7 Å². The number of ether oxygens (including phenoxy) is 5. The molecule has 4 aromatic carbocycles. The summed E-state index contributed by atoms with van der Waals surface area (Å²) in [6.45, 7) is 51.4. The summed E-state index contributed by atoms with van der Waals surface area (Å²) in [6, 6.07) is 21.3. The molecule has 8 unspecified atom stereocenters. The summed E-state index contributed by atoms with van der Waals surface area (Å²) in [5, 5.41) is 35.6. The van der Waals surface area contributed by atoms with E-state index in [0.717, 1.165) is 51.9 Å². The highest BCUT2D eigenvalue weighted by molar-refractivity contribution is 6.41. The largest absolute Gasteiger partial charge is 0.506 e. The van der Waals surface area contributed by atoms with Gasteiger partial charge in [0, 0.05) is 41.3 Å². The number of carbonyl (C=O) groups is 6. The van der Waals surface area contributed by atoms with Gasteiger partial charge in [0.2, 0.25) is 0 Å². The van der Waals surface area contributed by atoms with Crippen molar-refractivity contribution in [2.24, 2.45) is 56.2 Å². The molecule has 0 amide bonds. The van der Waals surface area contributed by atoms with Gasteiger partial charge >= 0.3 is 0 Å². The number of nitro benzene ring substituents is 2. The summed E-state index contributed by atoms with van der Waals surface area (Å²) in [7, 11) is 0. The van der Waals surface area contributed by atoms with Crippen molar-refractivity contribution in [1.82, 2.24) is 0 Å². The lowest BCUT2D eigenvalue weighted by Crippen LogP contribution is -2.59. The fourth-order valence-electron chi connectivity index (χ4n) is 17.9. The third-order valence-corrected chi connectivity index (χ3v) is 24.9. The summed E-state index contributed by atoms with van der Waals surface area (Å²) in [5.41, 5.74) is 2.45. The van der Waals surface area contributed by atoms with Crippen LogP contribution in [-0.4, -0.2) is 68.5 Å². The second-order valence-electron chi connectivity index (χ2n) is 38.2. The quantitative estimate of drug-likeness (QED) is 0.00697. The lowest BCUT2D eigenvalue weighted by atomic mass is 9.53. The number of carbonyl (C=O) groups excluding carboxylic acids is 6. The molecule has 0 radical (unpaired) electrons. The third-order valence-electron chi connectivity index (χ3n) is 24.9. The molecule has 18 heteroatoms. The van der Waals surface area contributed by atoms with Crippen LogP contribution in [0.25, 0.3) is 5.76 Å². The smallest absolute Gasteiger partial charge is 0.269 e. The molecule has 3 saturated carbocycles. The summed E-state index contributed by atoms with van der Waals surface area (Å²) < 4.78 is 31.8. The van der Waals surface area contributed by atoms with E-state index in [1.165, 1.54) is 65.7 Å². The average Bonchev–Trinajstić information content (AvgIpc) is 1.57. The number of nitro groups is 2. The lowest BCUT2D eigenvalue weighted by molar-refractivity contribution is -0.385. The molecule has 4 aromatic rings.